The molecule has 0 radical (unpaired) electrons. The first-order chi connectivity index (χ1) is 10.6. The maximum Gasteiger partial charge on any atom is 0.416 e. The summed E-state index contributed by atoms with van der Waals surface area (Å²) in [6.45, 7) is 3.61. The van der Waals surface area contributed by atoms with Crippen LogP contribution in [-0.2, 0) is 26.9 Å². The molecule has 1 saturated heterocycles. The summed E-state index contributed by atoms with van der Waals surface area (Å²) < 4.78 is 44.6. The average molecular weight is 328 g/mol. The van der Waals surface area contributed by atoms with Crippen LogP contribution in [0.4, 0.5) is 13.2 Å². The summed E-state index contributed by atoms with van der Waals surface area (Å²) in [7, 11) is 0. The van der Waals surface area contributed by atoms with Crippen LogP contribution in [0.3, 0.4) is 0 Å². The number of hydrogen-bond acceptors (Lipinski definition) is 3. The molecule has 0 spiro atoms. The van der Waals surface area contributed by atoms with E-state index < -0.39 is 23.3 Å². The number of aryl methyl sites for hydroxylation is 1. The Balaban J connectivity index is 2.24. The molecule has 3 nitrogen and oxygen atoms in total. The van der Waals surface area contributed by atoms with E-state index >= 15 is 0 Å². The minimum atomic E-state index is -4.43. The molecule has 0 N–H and O–H groups in total. The Labute approximate surface area is 132 Å². The summed E-state index contributed by atoms with van der Waals surface area (Å²) in [6.07, 6.45) is -4.34. The van der Waals surface area contributed by atoms with Crippen molar-refractivity contribution in [3.05, 3.63) is 35.4 Å². The van der Waals surface area contributed by atoms with Crippen LogP contribution in [0, 0.1) is 5.92 Å². The minimum absolute atomic E-state index is 0.0601. The first-order valence-corrected chi connectivity index (χ1v) is 7.53. The molecule has 1 unspecified atom stereocenters. The van der Waals surface area contributed by atoms with E-state index in [-0.39, 0.29) is 42.9 Å². The zero-order chi connectivity index (χ0) is 17.3. The highest BCUT2D eigenvalue weighted by Gasteiger charge is 2.44. The molecule has 1 atom stereocenters. The van der Waals surface area contributed by atoms with E-state index in [9.17, 15) is 22.8 Å². The third kappa shape index (κ3) is 3.92. The lowest BCUT2D eigenvalue weighted by Gasteiger charge is -2.39. The quantitative estimate of drug-likeness (QED) is 0.621. The van der Waals surface area contributed by atoms with Crippen LogP contribution >= 0.6 is 0 Å². The van der Waals surface area contributed by atoms with Gasteiger partial charge in [-0.05, 0) is 30.4 Å². The van der Waals surface area contributed by atoms with E-state index in [4.69, 9.17) is 4.74 Å². The predicted molar refractivity (Wildman–Crippen MR) is 77.7 cm³/mol. The van der Waals surface area contributed by atoms with Crippen molar-refractivity contribution in [1.29, 1.82) is 0 Å². The largest absolute Gasteiger partial charge is 0.458 e. The summed E-state index contributed by atoms with van der Waals surface area (Å²) in [6, 6.07) is 5.35. The molecule has 0 saturated carbocycles. The number of benzene rings is 1. The lowest BCUT2D eigenvalue weighted by Crippen LogP contribution is -2.47. The Bertz CT molecular complexity index is 589. The van der Waals surface area contributed by atoms with E-state index in [0.29, 0.717) is 0 Å². The summed E-state index contributed by atoms with van der Waals surface area (Å²) in [5.74, 6) is -0.980. The Morgan fingerprint density at radius 2 is 1.87 bits per heavy atom. The molecule has 1 aromatic carbocycles. The molecule has 126 valence electrons. The first-order valence-electron chi connectivity index (χ1n) is 7.53. The fourth-order valence-corrected chi connectivity index (χ4v) is 2.97. The second kappa shape index (κ2) is 6.34. The molecule has 1 fully saturated rings. The van der Waals surface area contributed by atoms with Crippen molar-refractivity contribution >= 4 is 11.8 Å². The molecule has 2 rings (SSSR count). The molecular weight excluding hydrogens is 309 g/mol. The van der Waals surface area contributed by atoms with Crippen LogP contribution in [0.5, 0.6) is 0 Å². The van der Waals surface area contributed by atoms with E-state index in [1.54, 1.807) is 6.07 Å². The van der Waals surface area contributed by atoms with Gasteiger partial charge in [-0.2, -0.15) is 13.2 Å². The maximum absolute atomic E-state index is 13.1. The summed E-state index contributed by atoms with van der Waals surface area (Å²) in [5, 5.41) is 0. The molecule has 23 heavy (non-hydrogen) atoms. The SMILES string of the molecule is CC(C)C1(CCc2ccccc2C(F)(F)F)CC(=O)CC(=O)O1. The Kier molecular flexibility index (Phi) is 4.82. The molecule has 0 amide bonds. The van der Waals surface area contributed by atoms with Crippen LogP contribution in [0.25, 0.3) is 0 Å². The smallest absolute Gasteiger partial charge is 0.416 e. The van der Waals surface area contributed by atoms with E-state index in [0.717, 1.165) is 6.07 Å². The highest BCUT2D eigenvalue weighted by atomic mass is 19.4. The molecule has 1 heterocycles. The van der Waals surface area contributed by atoms with Gasteiger partial charge in [0, 0.05) is 6.42 Å². The second-order valence-corrected chi connectivity index (χ2v) is 6.24. The number of hydrogen-bond donors (Lipinski definition) is 0. The number of ketones is 1. The topological polar surface area (TPSA) is 43.4 Å². The predicted octanol–water partition coefficient (Wildman–Crippen LogP) is 3.94. The van der Waals surface area contributed by atoms with Gasteiger partial charge in [-0.1, -0.05) is 32.0 Å². The van der Waals surface area contributed by atoms with Gasteiger partial charge in [-0.15, -0.1) is 0 Å². The lowest BCUT2D eigenvalue weighted by atomic mass is 9.78. The van der Waals surface area contributed by atoms with E-state index in [2.05, 4.69) is 0 Å². The van der Waals surface area contributed by atoms with Crippen LogP contribution in [0.1, 0.15) is 44.2 Å². The minimum Gasteiger partial charge on any atom is -0.458 e. The van der Waals surface area contributed by atoms with Gasteiger partial charge in [0.15, 0.2) is 0 Å². The summed E-state index contributed by atoms with van der Waals surface area (Å²) in [4.78, 5) is 23.4. The number of cyclic esters (lactones) is 1. The third-order valence-corrected chi connectivity index (χ3v) is 4.35. The third-order valence-electron chi connectivity index (χ3n) is 4.35. The van der Waals surface area contributed by atoms with Crippen molar-refractivity contribution in [2.75, 3.05) is 0 Å². The molecule has 1 aliphatic rings. The van der Waals surface area contributed by atoms with Crippen molar-refractivity contribution in [2.45, 2.75) is 51.3 Å². The number of ether oxygens (including phenoxy) is 1. The van der Waals surface area contributed by atoms with Crippen LogP contribution in [0.15, 0.2) is 24.3 Å². The number of esters is 1. The number of Topliss-reactive ketones (excluding diaryl/α,β-unsaturated/α-hetero) is 1. The van der Waals surface area contributed by atoms with Gasteiger partial charge in [-0.25, -0.2) is 0 Å². The van der Waals surface area contributed by atoms with Crippen molar-refractivity contribution in [2.24, 2.45) is 5.92 Å². The molecule has 0 bridgehead atoms. The van der Waals surface area contributed by atoms with Gasteiger partial charge in [0.05, 0.1) is 5.56 Å². The molecule has 6 heteroatoms. The Morgan fingerprint density at radius 3 is 2.43 bits per heavy atom. The lowest BCUT2D eigenvalue weighted by molar-refractivity contribution is -0.177. The van der Waals surface area contributed by atoms with Crippen LogP contribution in [-0.4, -0.2) is 17.4 Å². The number of halogens is 3. The highest BCUT2D eigenvalue weighted by molar-refractivity contribution is 5.98. The molecule has 1 aliphatic heterocycles. The van der Waals surface area contributed by atoms with Crippen molar-refractivity contribution in [1.82, 2.24) is 0 Å². The molecule has 0 aliphatic carbocycles. The molecular formula is C17H19F3O3. The van der Waals surface area contributed by atoms with Crippen molar-refractivity contribution < 1.29 is 27.5 Å². The second-order valence-electron chi connectivity index (χ2n) is 6.24. The monoisotopic (exact) mass is 328 g/mol. The fraction of sp³-hybridized carbons (Fsp3) is 0.529. The fourth-order valence-electron chi connectivity index (χ4n) is 2.97. The number of carbonyl (C=O) groups is 2. The Morgan fingerprint density at radius 1 is 1.22 bits per heavy atom. The van der Waals surface area contributed by atoms with Crippen molar-refractivity contribution in [3.8, 4) is 0 Å². The number of rotatable bonds is 4. The summed E-state index contributed by atoms with van der Waals surface area (Å²) >= 11 is 0. The van der Waals surface area contributed by atoms with Crippen LogP contribution in [0.2, 0.25) is 0 Å². The molecule has 1 aromatic rings. The van der Waals surface area contributed by atoms with Gasteiger partial charge in [0.25, 0.3) is 0 Å². The van der Waals surface area contributed by atoms with Gasteiger partial charge >= 0.3 is 12.1 Å². The van der Waals surface area contributed by atoms with Gasteiger partial charge in [-0.3, -0.25) is 9.59 Å². The highest BCUT2D eigenvalue weighted by Crippen LogP contribution is 2.38. The van der Waals surface area contributed by atoms with Gasteiger partial charge < -0.3 is 4.74 Å². The van der Waals surface area contributed by atoms with Crippen LogP contribution < -0.4 is 0 Å². The van der Waals surface area contributed by atoms with Gasteiger partial charge in [0.2, 0.25) is 0 Å². The molecule has 0 aromatic heterocycles. The first kappa shape index (κ1) is 17.5. The van der Waals surface area contributed by atoms with E-state index in [1.165, 1.54) is 12.1 Å². The zero-order valence-corrected chi connectivity index (χ0v) is 13.1. The average Bonchev–Trinajstić information content (AvgIpc) is 2.43. The summed E-state index contributed by atoms with van der Waals surface area (Å²) in [5.41, 5.74) is -1.56. The zero-order valence-electron chi connectivity index (χ0n) is 13.1. The number of carbonyl (C=O) groups excluding carboxylic acids is 2. The Hall–Kier alpha value is -1.85. The van der Waals surface area contributed by atoms with Crippen molar-refractivity contribution in [3.63, 3.8) is 0 Å². The normalized spacial score (nSPS) is 22.3. The maximum atomic E-state index is 13.1. The van der Waals surface area contributed by atoms with E-state index in [1.807, 2.05) is 13.8 Å². The van der Waals surface area contributed by atoms with Gasteiger partial charge in [0.1, 0.15) is 17.8 Å². The number of alkyl halides is 3. The standard InChI is InChI=1S/C17H19F3O3/c1-11(2)16(10-13(21)9-15(22)23-16)8-7-12-5-3-4-6-14(12)17(18,19)20/h3-6,11H,7-10H2,1-2H3.